The molecular weight excluding hydrogens is 296 g/mol. The molecule has 3 N–H and O–H groups in total. The van der Waals surface area contributed by atoms with Crippen molar-refractivity contribution < 1.29 is 14.3 Å². The van der Waals surface area contributed by atoms with Gasteiger partial charge in [-0.2, -0.15) is 5.10 Å². The molecule has 0 spiro atoms. The summed E-state index contributed by atoms with van der Waals surface area (Å²) in [5.74, 6) is 0.324. The standard InChI is InChI=1S/C16H18N4O3/c1-10(17)7-12(18)9-23-13-3-4-15-14(8-13)16(11(2)22)19-20(15)5-6-21/h3-4,6-8,18H,5,9,17H2,1-2H3/b10-7-,18-12?. The summed E-state index contributed by atoms with van der Waals surface area (Å²) < 4.78 is 7.02. The van der Waals surface area contributed by atoms with E-state index in [4.69, 9.17) is 15.9 Å². The third-order valence-electron chi connectivity index (χ3n) is 3.10. The minimum absolute atomic E-state index is 0.0674. The highest BCUT2D eigenvalue weighted by Crippen LogP contribution is 2.24. The Morgan fingerprint density at radius 1 is 1.43 bits per heavy atom. The van der Waals surface area contributed by atoms with Gasteiger partial charge >= 0.3 is 0 Å². The van der Waals surface area contributed by atoms with Gasteiger partial charge in [-0.25, -0.2) is 0 Å². The maximum atomic E-state index is 11.7. The maximum absolute atomic E-state index is 11.7. The fourth-order valence-corrected chi connectivity index (χ4v) is 2.20. The minimum atomic E-state index is -0.189. The number of nitrogens with two attached hydrogens (primary N) is 1. The summed E-state index contributed by atoms with van der Waals surface area (Å²) in [4.78, 5) is 22.4. The van der Waals surface area contributed by atoms with Crippen LogP contribution in [0.25, 0.3) is 10.9 Å². The SMILES string of the molecule is CC(=O)c1nn(CC=O)c2ccc(OCC(=N)/C=C(/C)N)cc12. The topological polar surface area (TPSA) is 111 Å². The number of aromatic nitrogens is 2. The molecule has 0 unspecified atom stereocenters. The molecule has 7 nitrogen and oxygen atoms in total. The third-order valence-corrected chi connectivity index (χ3v) is 3.10. The number of nitrogens with one attached hydrogen (secondary N) is 1. The van der Waals surface area contributed by atoms with Crippen molar-refractivity contribution in [2.75, 3.05) is 6.61 Å². The second-order valence-corrected chi connectivity index (χ2v) is 5.13. The first-order valence-electron chi connectivity index (χ1n) is 7.01. The molecule has 0 aliphatic carbocycles. The largest absolute Gasteiger partial charge is 0.487 e. The first kappa shape index (κ1) is 16.4. The molecule has 0 saturated heterocycles. The zero-order valence-corrected chi connectivity index (χ0v) is 13.0. The number of ether oxygens (including phenoxy) is 1. The van der Waals surface area contributed by atoms with Crippen molar-refractivity contribution in [3.63, 3.8) is 0 Å². The second kappa shape index (κ2) is 6.87. The number of hydrogen-bond acceptors (Lipinski definition) is 6. The van der Waals surface area contributed by atoms with Gasteiger partial charge < -0.3 is 20.7 Å². The number of Topliss-reactive ketones (excluding diaryl/α,β-unsaturated/α-hetero) is 1. The van der Waals surface area contributed by atoms with Gasteiger partial charge in [0.1, 0.15) is 24.3 Å². The molecule has 0 atom stereocenters. The molecule has 2 rings (SSSR count). The van der Waals surface area contributed by atoms with Crippen LogP contribution in [0.3, 0.4) is 0 Å². The van der Waals surface area contributed by atoms with Gasteiger partial charge in [-0.1, -0.05) is 0 Å². The van der Waals surface area contributed by atoms with Crippen molar-refractivity contribution in [3.8, 4) is 5.75 Å². The molecule has 1 heterocycles. The summed E-state index contributed by atoms with van der Waals surface area (Å²) >= 11 is 0. The number of rotatable bonds is 7. The number of allylic oxidation sites excluding steroid dienone is 1. The van der Waals surface area contributed by atoms with Crippen molar-refractivity contribution in [1.82, 2.24) is 9.78 Å². The Hall–Kier alpha value is -2.96. The smallest absolute Gasteiger partial charge is 0.180 e. The van der Waals surface area contributed by atoms with Crippen molar-refractivity contribution >= 4 is 28.7 Å². The molecule has 0 aliphatic rings. The molecule has 2 aromatic rings. The van der Waals surface area contributed by atoms with E-state index in [1.807, 2.05) is 0 Å². The molecule has 1 aromatic heterocycles. The molecule has 0 radical (unpaired) electrons. The highest BCUT2D eigenvalue weighted by Gasteiger charge is 2.14. The number of nitrogens with zero attached hydrogens (tertiary/aromatic N) is 2. The molecular formula is C16H18N4O3. The average molecular weight is 314 g/mol. The number of benzene rings is 1. The fourth-order valence-electron chi connectivity index (χ4n) is 2.20. The summed E-state index contributed by atoms with van der Waals surface area (Å²) in [7, 11) is 0. The number of carbonyl (C=O) groups excluding carboxylic acids is 2. The number of carbonyl (C=O) groups is 2. The van der Waals surface area contributed by atoms with Crippen LogP contribution in [-0.2, 0) is 11.3 Å². The van der Waals surface area contributed by atoms with Crippen LogP contribution < -0.4 is 10.5 Å². The molecule has 23 heavy (non-hydrogen) atoms. The van der Waals surface area contributed by atoms with E-state index in [0.717, 1.165) is 6.29 Å². The second-order valence-electron chi connectivity index (χ2n) is 5.13. The molecule has 1 aromatic carbocycles. The molecule has 120 valence electrons. The highest BCUT2D eigenvalue weighted by molar-refractivity contribution is 6.05. The molecule has 0 saturated carbocycles. The predicted octanol–water partition coefficient (Wildman–Crippen LogP) is 1.70. The van der Waals surface area contributed by atoms with Gasteiger partial charge in [0, 0.05) is 18.0 Å². The lowest BCUT2D eigenvalue weighted by atomic mass is 10.1. The van der Waals surface area contributed by atoms with Crippen LogP contribution in [0.5, 0.6) is 5.75 Å². The monoisotopic (exact) mass is 314 g/mol. The summed E-state index contributed by atoms with van der Waals surface area (Å²) in [5, 5.41) is 12.5. The Bertz CT molecular complexity index is 801. The van der Waals surface area contributed by atoms with Gasteiger partial charge in [-0.3, -0.25) is 9.48 Å². The van der Waals surface area contributed by atoms with Gasteiger partial charge in [0.15, 0.2) is 5.78 Å². The lowest BCUT2D eigenvalue weighted by Crippen LogP contribution is -2.09. The Balaban J connectivity index is 2.32. The Morgan fingerprint density at radius 3 is 2.78 bits per heavy atom. The minimum Gasteiger partial charge on any atom is -0.487 e. The average Bonchev–Trinajstić information content (AvgIpc) is 2.83. The Kier molecular flexibility index (Phi) is 4.90. The maximum Gasteiger partial charge on any atom is 0.180 e. The zero-order valence-electron chi connectivity index (χ0n) is 13.0. The van der Waals surface area contributed by atoms with Crippen LogP contribution >= 0.6 is 0 Å². The van der Waals surface area contributed by atoms with Crippen LogP contribution in [0.4, 0.5) is 0 Å². The normalized spacial score (nSPS) is 11.5. The molecule has 0 bridgehead atoms. The molecule has 0 aliphatic heterocycles. The van der Waals surface area contributed by atoms with Crippen LogP contribution in [0.2, 0.25) is 0 Å². The van der Waals surface area contributed by atoms with Gasteiger partial charge in [-0.15, -0.1) is 0 Å². The van der Waals surface area contributed by atoms with E-state index in [2.05, 4.69) is 5.10 Å². The number of fused-ring (bicyclic) bond motifs is 1. The third kappa shape index (κ3) is 3.82. The van der Waals surface area contributed by atoms with Crippen molar-refractivity contribution in [3.05, 3.63) is 35.7 Å². The fraction of sp³-hybridized carbons (Fsp3) is 0.250. The van der Waals surface area contributed by atoms with Crippen molar-refractivity contribution in [1.29, 1.82) is 5.41 Å². The van der Waals surface area contributed by atoms with Crippen LogP contribution in [0.1, 0.15) is 24.3 Å². The van der Waals surface area contributed by atoms with Crippen molar-refractivity contribution in [2.24, 2.45) is 5.73 Å². The Morgan fingerprint density at radius 2 is 2.17 bits per heavy atom. The van der Waals surface area contributed by atoms with E-state index in [9.17, 15) is 9.59 Å². The molecule has 0 fully saturated rings. The van der Waals surface area contributed by atoms with E-state index in [1.54, 1.807) is 25.1 Å². The highest BCUT2D eigenvalue weighted by atomic mass is 16.5. The molecule has 7 heteroatoms. The van der Waals surface area contributed by atoms with Gasteiger partial charge in [0.05, 0.1) is 17.8 Å². The Labute approximate surface area is 133 Å². The van der Waals surface area contributed by atoms with E-state index >= 15 is 0 Å². The van der Waals surface area contributed by atoms with E-state index < -0.39 is 0 Å². The van der Waals surface area contributed by atoms with Crippen molar-refractivity contribution in [2.45, 2.75) is 20.4 Å². The van der Waals surface area contributed by atoms with Crippen LogP contribution in [0, 0.1) is 5.41 Å². The summed E-state index contributed by atoms with van der Waals surface area (Å²) in [6.45, 7) is 3.26. The quantitative estimate of drug-likeness (QED) is 0.459. The summed E-state index contributed by atoms with van der Waals surface area (Å²) in [5.41, 5.74) is 7.26. The summed E-state index contributed by atoms with van der Waals surface area (Å²) in [6.07, 6.45) is 2.24. The summed E-state index contributed by atoms with van der Waals surface area (Å²) in [6, 6.07) is 5.13. The zero-order chi connectivity index (χ0) is 17.0. The number of hydrogen-bond donors (Lipinski definition) is 2. The van der Waals surface area contributed by atoms with E-state index in [1.165, 1.54) is 17.7 Å². The van der Waals surface area contributed by atoms with Crippen LogP contribution in [0.15, 0.2) is 30.0 Å². The van der Waals surface area contributed by atoms with Crippen LogP contribution in [-0.4, -0.2) is 34.2 Å². The number of ketones is 1. The first-order chi connectivity index (χ1) is 10.9. The van der Waals surface area contributed by atoms with Gasteiger partial charge in [-0.05, 0) is 31.2 Å². The number of aldehydes is 1. The van der Waals surface area contributed by atoms with Gasteiger partial charge in [0.25, 0.3) is 0 Å². The lowest BCUT2D eigenvalue weighted by molar-refractivity contribution is -0.108. The lowest BCUT2D eigenvalue weighted by Gasteiger charge is -2.06. The van der Waals surface area contributed by atoms with Gasteiger partial charge in [0.2, 0.25) is 0 Å². The predicted molar refractivity (Wildman–Crippen MR) is 87.0 cm³/mol. The first-order valence-corrected chi connectivity index (χ1v) is 7.01. The van der Waals surface area contributed by atoms with E-state index in [0.29, 0.717) is 28.0 Å². The molecule has 0 amide bonds. The van der Waals surface area contributed by atoms with E-state index in [-0.39, 0.29) is 24.6 Å².